The molecule has 0 aliphatic heterocycles. The average Bonchev–Trinajstić information content (AvgIpc) is 2.86. The standard InChI is InChI=1S/C16H19F2N3O4S/c1-9(13-5-4-12(17)8-14(13)18)20-15(22)6-7-19-26(23,24)16-10(2)21-25-11(16)3/h4-5,8-9,19H,6-7H2,1-3H3,(H,20,22)/t9-/m0/s1. The van der Waals surface area contributed by atoms with Crippen molar-refractivity contribution >= 4 is 15.9 Å². The Labute approximate surface area is 149 Å². The van der Waals surface area contributed by atoms with Gasteiger partial charge in [-0.05, 0) is 26.8 Å². The molecule has 1 heterocycles. The second-order valence-electron chi connectivity index (χ2n) is 5.76. The molecule has 1 aromatic carbocycles. The topological polar surface area (TPSA) is 101 Å². The maximum Gasteiger partial charge on any atom is 0.245 e. The van der Waals surface area contributed by atoms with Crippen LogP contribution in [-0.2, 0) is 14.8 Å². The van der Waals surface area contributed by atoms with Gasteiger partial charge in [0.15, 0.2) is 5.76 Å². The molecule has 0 aliphatic rings. The first-order chi connectivity index (χ1) is 12.1. The fourth-order valence-corrected chi connectivity index (χ4v) is 3.83. The molecule has 1 aromatic heterocycles. The number of halogens is 2. The molecule has 0 radical (unpaired) electrons. The molecular weight excluding hydrogens is 368 g/mol. The lowest BCUT2D eigenvalue weighted by Gasteiger charge is -2.15. The van der Waals surface area contributed by atoms with Crippen LogP contribution < -0.4 is 10.0 Å². The van der Waals surface area contributed by atoms with Gasteiger partial charge < -0.3 is 9.84 Å². The molecule has 10 heteroatoms. The van der Waals surface area contributed by atoms with Gasteiger partial charge in [-0.25, -0.2) is 21.9 Å². The van der Waals surface area contributed by atoms with E-state index in [0.29, 0.717) is 0 Å². The van der Waals surface area contributed by atoms with Crippen molar-refractivity contribution in [3.05, 3.63) is 46.9 Å². The highest BCUT2D eigenvalue weighted by Crippen LogP contribution is 2.19. The Morgan fingerprint density at radius 3 is 2.58 bits per heavy atom. The summed E-state index contributed by atoms with van der Waals surface area (Å²) in [7, 11) is -3.85. The van der Waals surface area contributed by atoms with Crippen molar-refractivity contribution in [1.29, 1.82) is 0 Å². The zero-order valence-electron chi connectivity index (χ0n) is 14.5. The first kappa shape index (κ1) is 20.0. The number of benzene rings is 1. The monoisotopic (exact) mass is 387 g/mol. The second kappa shape index (κ2) is 7.92. The van der Waals surface area contributed by atoms with E-state index in [4.69, 9.17) is 4.52 Å². The van der Waals surface area contributed by atoms with E-state index in [2.05, 4.69) is 15.2 Å². The Kier molecular flexibility index (Phi) is 6.09. The lowest BCUT2D eigenvalue weighted by atomic mass is 10.1. The van der Waals surface area contributed by atoms with Crippen LogP contribution in [0.5, 0.6) is 0 Å². The van der Waals surface area contributed by atoms with E-state index in [1.54, 1.807) is 6.92 Å². The Bertz CT molecular complexity index is 893. The number of carbonyl (C=O) groups is 1. The van der Waals surface area contributed by atoms with Crippen molar-refractivity contribution in [3.8, 4) is 0 Å². The van der Waals surface area contributed by atoms with E-state index in [-0.39, 0.29) is 34.9 Å². The molecule has 2 aromatic rings. The maximum absolute atomic E-state index is 13.7. The second-order valence-corrected chi connectivity index (χ2v) is 7.46. The van der Waals surface area contributed by atoms with Crippen molar-refractivity contribution in [2.75, 3.05) is 6.54 Å². The zero-order chi connectivity index (χ0) is 19.5. The number of rotatable bonds is 7. The summed E-state index contributed by atoms with van der Waals surface area (Å²) in [6, 6.07) is 2.38. The molecule has 2 rings (SSSR count). The fraction of sp³-hybridized carbons (Fsp3) is 0.375. The van der Waals surface area contributed by atoms with Gasteiger partial charge in [-0.3, -0.25) is 4.79 Å². The van der Waals surface area contributed by atoms with Gasteiger partial charge in [0.25, 0.3) is 0 Å². The maximum atomic E-state index is 13.7. The summed E-state index contributed by atoms with van der Waals surface area (Å²) in [6.07, 6.45) is -0.157. The molecule has 0 saturated heterocycles. The molecule has 0 aliphatic carbocycles. The number of amides is 1. The Morgan fingerprint density at radius 1 is 1.31 bits per heavy atom. The molecule has 0 unspecified atom stereocenters. The number of sulfonamides is 1. The number of hydrogen-bond acceptors (Lipinski definition) is 5. The van der Waals surface area contributed by atoms with Crippen molar-refractivity contribution in [1.82, 2.24) is 15.2 Å². The van der Waals surface area contributed by atoms with Crippen molar-refractivity contribution in [3.63, 3.8) is 0 Å². The van der Waals surface area contributed by atoms with E-state index in [1.807, 2.05) is 0 Å². The smallest absolute Gasteiger partial charge is 0.245 e. The molecular formula is C16H19F2N3O4S. The Morgan fingerprint density at radius 2 is 2.00 bits per heavy atom. The summed E-state index contributed by atoms with van der Waals surface area (Å²) in [5.41, 5.74) is 0.357. The first-order valence-electron chi connectivity index (χ1n) is 7.78. The average molecular weight is 387 g/mol. The van der Waals surface area contributed by atoms with Crippen LogP contribution >= 0.6 is 0 Å². The predicted octanol–water partition coefficient (Wildman–Crippen LogP) is 2.12. The summed E-state index contributed by atoms with van der Waals surface area (Å²) < 4.78 is 58.1. The lowest BCUT2D eigenvalue weighted by molar-refractivity contribution is -0.121. The minimum absolute atomic E-state index is 0.0559. The molecule has 1 amide bonds. The van der Waals surface area contributed by atoms with Crippen molar-refractivity contribution in [2.24, 2.45) is 0 Å². The van der Waals surface area contributed by atoms with Crippen LogP contribution in [-0.4, -0.2) is 26.0 Å². The van der Waals surface area contributed by atoms with Gasteiger partial charge in [0, 0.05) is 24.6 Å². The number of carbonyl (C=O) groups excluding carboxylic acids is 1. The van der Waals surface area contributed by atoms with Crippen LogP contribution in [0.25, 0.3) is 0 Å². The summed E-state index contributed by atoms with van der Waals surface area (Å²) in [5, 5.41) is 6.11. The zero-order valence-corrected chi connectivity index (χ0v) is 15.3. The van der Waals surface area contributed by atoms with Crippen LogP contribution in [0.3, 0.4) is 0 Å². The highest BCUT2D eigenvalue weighted by atomic mass is 32.2. The third kappa shape index (κ3) is 4.64. The van der Waals surface area contributed by atoms with E-state index >= 15 is 0 Å². The molecule has 0 spiro atoms. The SMILES string of the molecule is Cc1noc(C)c1S(=O)(=O)NCCC(=O)N[C@@H](C)c1ccc(F)cc1F. The fourth-order valence-electron chi connectivity index (χ4n) is 2.47. The van der Waals surface area contributed by atoms with E-state index in [1.165, 1.54) is 19.9 Å². The summed E-state index contributed by atoms with van der Waals surface area (Å²) in [6.45, 7) is 4.36. The highest BCUT2D eigenvalue weighted by Gasteiger charge is 2.24. The largest absolute Gasteiger partial charge is 0.360 e. The van der Waals surface area contributed by atoms with Gasteiger partial charge in [0.2, 0.25) is 15.9 Å². The van der Waals surface area contributed by atoms with E-state index < -0.39 is 33.6 Å². The molecule has 26 heavy (non-hydrogen) atoms. The number of nitrogens with one attached hydrogen (secondary N) is 2. The number of hydrogen-bond donors (Lipinski definition) is 2. The Hall–Kier alpha value is -2.33. The Balaban J connectivity index is 1.91. The minimum atomic E-state index is -3.85. The molecule has 0 bridgehead atoms. The van der Waals surface area contributed by atoms with Gasteiger partial charge in [0.1, 0.15) is 22.2 Å². The van der Waals surface area contributed by atoms with Gasteiger partial charge in [-0.15, -0.1) is 0 Å². The van der Waals surface area contributed by atoms with Gasteiger partial charge in [-0.1, -0.05) is 11.2 Å². The van der Waals surface area contributed by atoms with Crippen molar-refractivity contribution in [2.45, 2.75) is 38.1 Å². The van der Waals surface area contributed by atoms with Crippen molar-refractivity contribution < 1.29 is 26.5 Å². The van der Waals surface area contributed by atoms with Gasteiger partial charge in [0.05, 0.1) is 6.04 Å². The van der Waals surface area contributed by atoms with Crippen LogP contribution in [0.1, 0.15) is 36.4 Å². The molecule has 142 valence electrons. The lowest BCUT2D eigenvalue weighted by Crippen LogP contribution is -2.32. The van der Waals surface area contributed by atoms with E-state index in [0.717, 1.165) is 12.1 Å². The van der Waals surface area contributed by atoms with Gasteiger partial charge >= 0.3 is 0 Å². The third-order valence-electron chi connectivity index (χ3n) is 3.69. The first-order valence-corrected chi connectivity index (χ1v) is 9.27. The van der Waals surface area contributed by atoms with Crippen LogP contribution in [0.15, 0.2) is 27.6 Å². The summed E-state index contributed by atoms with van der Waals surface area (Å²) in [5.74, 6) is -1.81. The highest BCUT2D eigenvalue weighted by molar-refractivity contribution is 7.89. The van der Waals surface area contributed by atoms with Crippen LogP contribution in [0, 0.1) is 25.5 Å². The number of nitrogens with zero attached hydrogens (tertiary/aromatic N) is 1. The number of aryl methyl sites for hydroxylation is 2. The van der Waals surface area contributed by atoms with Crippen LogP contribution in [0.4, 0.5) is 8.78 Å². The van der Waals surface area contributed by atoms with Gasteiger partial charge in [-0.2, -0.15) is 0 Å². The quantitative estimate of drug-likeness (QED) is 0.758. The molecule has 0 saturated carbocycles. The molecule has 2 N–H and O–H groups in total. The summed E-state index contributed by atoms with van der Waals surface area (Å²) in [4.78, 5) is 11.9. The molecule has 7 nitrogen and oxygen atoms in total. The normalized spacial score (nSPS) is 12.8. The number of aromatic nitrogens is 1. The predicted molar refractivity (Wildman–Crippen MR) is 88.7 cm³/mol. The van der Waals surface area contributed by atoms with E-state index in [9.17, 15) is 22.0 Å². The third-order valence-corrected chi connectivity index (χ3v) is 5.39. The van der Waals surface area contributed by atoms with Crippen LogP contribution in [0.2, 0.25) is 0 Å². The minimum Gasteiger partial charge on any atom is -0.360 e. The summed E-state index contributed by atoms with van der Waals surface area (Å²) >= 11 is 0. The molecule has 0 fully saturated rings. The molecule has 1 atom stereocenters.